The third-order valence-electron chi connectivity index (χ3n) is 1.47. The van der Waals surface area contributed by atoms with Crippen molar-refractivity contribution in [2.24, 2.45) is 0 Å². The number of benzene rings is 1. The molecule has 0 atom stereocenters. The second-order valence-electron chi connectivity index (χ2n) is 2.36. The van der Waals surface area contributed by atoms with Crippen molar-refractivity contribution in [3.8, 4) is 5.75 Å². The molecule has 0 spiro atoms. The van der Waals surface area contributed by atoms with Crippen molar-refractivity contribution in [3.05, 3.63) is 21.6 Å². The van der Waals surface area contributed by atoms with E-state index in [2.05, 4.69) is 15.9 Å². The Morgan fingerprint density at radius 1 is 1.43 bits per heavy atom. The van der Waals surface area contributed by atoms with Crippen LogP contribution in [0.25, 0.3) is 0 Å². The van der Waals surface area contributed by atoms with Crippen LogP contribution in [0.2, 0.25) is 5.02 Å². The summed E-state index contributed by atoms with van der Waals surface area (Å²) in [6.07, 6.45) is 0. The molecule has 0 unspecified atom stereocenters. The molecule has 7 heteroatoms. The van der Waals surface area contributed by atoms with Crippen LogP contribution >= 0.6 is 38.2 Å². The van der Waals surface area contributed by atoms with E-state index in [9.17, 15) is 8.42 Å². The average Bonchev–Trinajstić information content (AvgIpc) is 2.06. The minimum Gasteiger partial charge on any atom is -0.496 e. The Morgan fingerprint density at radius 2 is 2.00 bits per heavy atom. The molecule has 3 nitrogen and oxygen atoms in total. The van der Waals surface area contributed by atoms with Gasteiger partial charge in [-0.25, -0.2) is 8.42 Å². The molecule has 0 N–H and O–H groups in total. The lowest BCUT2D eigenvalue weighted by Gasteiger charge is -2.06. The molecule has 0 heterocycles. The lowest BCUT2D eigenvalue weighted by molar-refractivity contribution is 0.412. The Hall–Kier alpha value is 0.0300. The van der Waals surface area contributed by atoms with Crippen molar-refractivity contribution in [2.45, 2.75) is 4.90 Å². The van der Waals surface area contributed by atoms with Crippen molar-refractivity contribution in [3.63, 3.8) is 0 Å². The summed E-state index contributed by atoms with van der Waals surface area (Å²) >= 11 is 8.83. The molecule has 0 saturated heterocycles. The number of hydrogen-bond donors (Lipinski definition) is 0. The summed E-state index contributed by atoms with van der Waals surface area (Å²) in [4.78, 5) is -0.145. The van der Waals surface area contributed by atoms with Crippen LogP contribution in [0.15, 0.2) is 21.5 Å². The lowest BCUT2D eigenvalue weighted by Crippen LogP contribution is -1.94. The topological polar surface area (TPSA) is 43.4 Å². The summed E-state index contributed by atoms with van der Waals surface area (Å²) in [5, 5.41) is 0.0278. The Labute approximate surface area is 99.5 Å². The Balaban J connectivity index is 3.44. The maximum absolute atomic E-state index is 11.0. The summed E-state index contributed by atoms with van der Waals surface area (Å²) in [6.45, 7) is 0. The molecule has 1 rings (SSSR count). The quantitative estimate of drug-likeness (QED) is 0.787. The van der Waals surface area contributed by atoms with E-state index < -0.39 is 9.05 Å². The van der Waals surface area contributed by atoms with Gasteiger partial charge >= 0.3 is 0 Å². The molecule has 1 aromatic carbocycles. The normalized spacial score (nSPS) is 11.4. The highest BCUT2D eigenvalue weighted by Gasteiger charge is 2.17. The van der Waals surface area contributed by atoms with Crippen molar-refractivity contribution < 1.29 is 13.2 Å². The summed E-state index contributed by atoms with van der Waals surface area (Å²) in [5.74, 6) is 0.444. The van der Waals surface area contributed by atoms with Crippen molar-refractivity contribution in [1.82, 2.24) is 0 Å². The predicted octanol–water partition coefficient (Wildman–Crippen LogP) is 3.04. The first-order valence-corrected chi connectivity index (χ1v) is 6.82. The number of methoxy groups -OCH3 is 1. The molecule has 0 aliphatic rings. The second kappa shape index (κ2) is 4.26. The molecule has 0 aliphatic heterocycles. The van der Waals surface area contributed by atoms with Gasteiger partial charge in [0.05, 0.1) is 16.6 Å². The van der Waals surface area contributed by atoms with Crippen LogP contribution in [0.4, 0.5) is 0 Å². The molecule has 0 aromatic heterocycles. The van der Waals surface area contributed by atoms with Crippen LogP contribution in [0.5, 0.6) is 5.75 Å². The van der Waals surface area contributed by atoms with Gasteiger partial charge in [0, 0.05) is 16.7 Å². The highest BCUT2D eigenvalue weighted by Crippen LogP contribution is 2.34. The lowest BCUT2D eigenvalue weighted by atomic mass is 10.3. The van der Waals surface area contributed by atoms with Gasteiger partial charge in [-0.1, -0.05) is 11.6 Å². The zero-order chi connectivity index (χ0) is 10.9. The smallest absolute Gasteiger partial charge is 0.262 e. The van der Waals surface area contributed by atoms with Crippen molar-refractivity contribution in [1.29, 1.82) is 0 Å². The van der Waals surface area contributed by atoms with Gasteiger partial charge in [-0.15, -0.1) is 0 Å². The standard InChI is InChI=1S/C7H5BrCl2O3S/c1-13-6-3-5(9)7(2-4(6)8)14(10,11)12/h2-3H,1H3. The molecule has 0 radical (unpaired) electrons. The van der Waals surface area contributed by atoms with Crippen LogP contribution in [0, 0.1) is 0 Å². The van der Waals surface area contributed by atoms with Crippen molar-refractivity contribution >= 4 is 47.3 Å². The fourth-order valence-corrected chi connectivity index (χ4v) is 3.02. The maximum atomic E-state index is 11.0. The molecule has 0 aliphatic carbocycles. The zero-order valence-corrected chi connectivity index (χ0v) is 10.8. The van der Waals surface area contributed by atoms with E-state index in [0.717, 1.165) is 0 Å². The van der Waals surface area contributed by atoms with Gasteiger partial charge in [-0.3, -0.25) is 0 Å². The van der Waals surface area contributed by atoms with Gasteiger partial charge in [-0.2, -0.15) is 0 Å². The molecule has 0 bridgehead atoms. The Morgan fingerprint density at radius 3 is 2.43 bits per heavy atom. The number of halogens is 3. The molecule has 0 amide bonds. The van der Waals surface area contributed by atoms with E-state index in [4.69, 9.17) is 27.0 Å². The number of rotatable bonds is 2. The van der Waals surface area contributed by atoms with Gasteiger partial charge in [-0.05, 0) is 22.0 Å². The van der Waals surface area contributed by atoms with E-state index in [1.807, 2.05) is 0 Å². The Kier molecular flexibility index (Phi) is 3.69. The SMILES string of the molecule is COc1cc(Cl)c(S(=O)(=O)Cl)cc1Br. The highest BCUT2D eigenvalue weighted by molar-refractivity contribution is 9.10. The summed E-state index contributed by atoms with van der Waals surface area (Å²) in [5.41, 5.74) is 0. The maximum Gasteiger partial charge on any atom is 0.262 e. The number of hydrogen-bond acceptors (Lipinski definition) is 3. The predicted molar refractivity (Wildman–Crippen MR) is 58.7 cm³/mol. The minimum atomic E-state index is -3.83. The molecule has 78 valence electrons. The van der Waals surface area contributed by atoms with Gasteiger partial charge in [0.25, 0.3) is 9.05 Å². The van der Waals surface area contributed by atoms with Gasteiger partial charge < -0.3 is 4.74 Å². The van der Waals surface area contributed by atoms with Crippen molar-refractivity contribution in [2.75, 3.05) is 7.11 Å². The fourth-order valence-electron chi connectivity index (χ4n) is 0.854. The largest absolute Gasteiger partial charge is 0.496 e. The van der Waals surface area contributed by atoms with Crippen LogP contribution in [-0.4, -0.2) is 15.5 Å². The first-order chi connectivity index (χ1) is 6.36. The highest BCUT2D eigenvalue weighted by atomic mass is 79.9. The van der Waals surface area contributed by atoms with Crippen LogP contribution in [0.1, 0.15) is 0 Å². The van der Waals surface area contributed by atoms with Gasteiger partial charge in [0.15, 0.2) is 0 Å². The first-order valence-electron chi connectivity index (χ1n) is 3.34. The summed E-state index contributed by atoms with van der Waals surface area (Å²) in [7, 11) is 2.78. The van der Waals surface area contributed by atoms with Crippen LogP contribution in [-0.2, 0) is 9.05 Å². The first kappa shape index (κ1) is 12.1. The van der Waals surface area contributed by atoms with Crippen LogP contribution in [0.3, 0.4) is 0 Å². The second-order valence-corrected chi connectivity index (χ2v) is 6.15. The molecule has 14 heavy (non-hydrogen) atoms. The summed E-state index contributed by atoms with van der Waals surface area (Å²) < 4.78 is 27.4. The molecule has 0 saturated carbocycles. The average molecular weight is 320 g/mol. The van der Waals surface area contributed by atoms with E-state index >= 15 is 0 Å². The third kappa shape index (κ3) is 2.53. The van der Waals surface area contributed by atoms with Gasteiger partial charge in [0.2, 0.25) is 0 Å². The van der Waals surface area contributed by atoms with E-state index in [1.165, 1.54) is 19.2 Å². The number of ether oxygens (including phenoxy) is 1. The molecular formula is C7H5BrCl2O3S. The monoisotopic (exact) mass is 318 g/mol. The molecule has 0 fully saturated rings. The van der Waals surface area contributed by atoms with Gasteiger partial charge in [0.1, 0.15) is 10.6 Å². The summed E-state index contributed by atoms with van der Waals surface area (Å²) in [6, 6.07) is 2.67. The zero-order valence-electron chi connectivity index (χ0n) is 6.92. The Bertz CT molecular complexity index is 458. The fraction of sp³-hybridized carbons (Fsp3) is 0.143. The molecule has 1 aromatic rings. The van der Waals surface area contributed by atoms with Crippen LogP contribution < -0.4 is 4.74 Å². The third-order valence-corrected chi connectivity index (χ3v) is 3.88. The minimum absolute atomic E-state index is 0.0278. The molecular weight excluding hydrogens is 315 g/mol. The van der Waals surface area contributed by atoms with E-state index in [1.54, 1.807) is 0 Å². The van der Waals surface area contributed by atoms with E-state index in [-0.39, 0.29) is 9.92 Å². The van der Waals surface area contributed by atoms with E-state index in [0.29, 0.717) is 10.2 Å².